The summed E-state index contributed by atoms with van der Waals surface area (Å²) < 4.78 is 5.45. The summed E-state index contributed by atoms with van der Waals surface area (Å²) in [6, 6.07) is 19.9. The van der Waals surface area contributed by atoms with Crippen LogP contribution in [-0.4, -0.2) is 24.2 Å². The zero-order valence-electron chi connectivity index (χ0n) is 16.1. The highest BCUT2D eigenvalue weighted by molar-refractivity contribution is 5.79. The SMILES string of the molecule is N#Cc1cc(C#CCNC(=O)OCC2c3ccccc3-c3ccccc32)cnc1N. The van der Waals surface area contributed by atoms with Crippen LogP contribution in [-0.2, 0) is 4.74 Å². The maximum absolute atomic E-state index is 12.1. The molecule has 0 atom stereocenters. The lowest BCUT2D eigenvalue weighted by atomic mass is 9.98. The molecule has 0 bridgehead atoms. The second-order valence-electron chi connectivity index (χ2n) is 6.75. The summed E-state index contributed by atoms with van der Waals surface area (Å²) in [5.74, 6) is 5.83. The largest absolute Gasteiger partial charge is 0.449 e. The number of pyridine rings is 1. The van der Waals surface area contributed by atoms with Gasteiger partial charge in [0, 0.05) is 17.7 Å². The van der Waals surface area contributed by atoms with Crippen LogP contribution in [0.4, 0.5) is 10.6 Å². The summed E-state index contributed by atoms with van der Waals surface area (Å²) >= 11 is 0. The minimum atomic E-state index is -0.528. The number of hydrogen-bond donors (Lipinski definition) is 2. The minimum Gasteiger partial charge on any atom is -0.449 e. The van der Waals surface area contributed by atoms with Crippen molar-refractivity contribution in [3.05, 3.63) is 83.0 Å². The molecule has 0 radical (unpaired) electrons. The number of nitriles is 1. The van der Waals surface area contributed by atoms with Gasteiger partial charge in [-0.15, -0.1) is 0 Å². The van der Waals surface area contributed by atoms with E-state index in [2.05, 4.69) is 46.4 Å². The fourth-order valence-corrected chi connectivity index (χ4v) is 3.55. The molecule has 0 spiro atoms. The average molecular weight is 394 g/mol. The Morgan fingerprint density at radius 2 is 1.80 bits per heavy atom. The second-order valence-corrected chi connectivity index (χ2v) is 6.75. The van der Waals surface area contributed by atoms with Crippen LogP contribution in [0.5, 0.6) is 0 Å². The molecule has 2 aromatic carbocycles. The summed E-state index contributed by atoms with van der Waals surface area (Å²) in [7, 11) is 0. The van der Waals surface area contributed by atoms with Crippen LogP contribution in [0.25, 0.3) is 11.1 Å². The van der Waals surface area contributed by atoms with Crippen LogP contribution in [0.15, 0.2) is 60.8 Å². The van der Waals surface area contributed by atoms with Crippen LogP contribution >= 0.6 is 0 Å². The van der Waals surface area contributed by atoms with Gasteiger partial charge in [0.25, 0.3) is 0 Å². The Kier molecular flexibility index (Phi) is 5.32. The summed E-state index contributed by atoms with van der Waals surface area (Å²) in [6.07, 6.45) is 0.954. The molecule has 0 fully saturated rings. The number of nitrogens with one attached hydrogen (secondary N) is 1. The molecule has 0 saturated heterocycles. The van der Waals surface area contributed by atoms with Gasteiger partial charge in [-0.05, 0) is 28.3 Å². The first-order chi connectivity index (χ1) is 14.7. The van der Waals surface area contributed by atoms with Crippen molar-refractivity contribution in [2.24, 2.45) is 0 Å². The fraction of sp³-hybridized carbons (Fsp3) is 0.125. The summed E-state index contributed by atoms with van der Waals surface area (Å²) in [4.78, 5) is 16.0. The van der Waals surface area contributed by atoms with Crippen molar-refractivity contribution in [2.45, 2.75) is 5.92 Å². The number of hydrogen-bond acceptors (Lipinski definition) is 5. The standard InChI is InChI=1S/C24H18N4O2/c25-13-17-12-16(14-28-23(17)26)6-5-11-27-24(29)30-15-22-20-9-3-1-7-18(20)19-8-2-4-10-21(19)22/h1-4,7-10,12,14,22H,11,15H2,(H2,26,28)(H,27,29). The Hall–Kier alpha value is -4.29. The first-order valence-corrected chi connectivity index (χ1v) is 9.40. The van der Waals surface area contributed by atoms with Crippen LogP contribution in [0.2, 0.25) is 0 Å². The monoisotopic (exact) mass is 394 g/mol. The van der Waals surface area contributed by atoms with E-state index >= 15 is 0 Å². The van der Waals surface area contributed by atoms with E-state index in [0.717, 1.165) is 11.1 Å². The number of carbonyl (C=O) groups excluding carboxylic acids is 1. The van der Waals surface area contributed by atoms with Gasteiger partial charge in [-0.25, -0.2) is 9.78 Å². The Bertz CT molecular complexity index is 1170. The van der Waals surface area contributed by atoms with E-state index in [-0.39, 0.29) is 30.5 Å². The lowest BCUT2D eigenvalue weighted by Gasteiger charge is -2.14. The smallest absolute Gasteiger partial charge is 0.407 e. The normalized spacial score (nSPS) is 11.4. The maximum Gasteiger partial charge on any atom is 0.407 e. The number of amides is 1. The zero-order valence-corrected chi connectivity index (χ0v) is 16.1. The van der Waals surface area contributed by atoms with E-state index in [0.29, 0.717) is 5.56 Å². The van der Waals surface area contributed by atoms with Gasteiger partial charge in [-0.2, -0.15) is 5.26 Å². The average Bonchev–Trinajstić information content (AvgIpc) is 3.10. The molecule has 0 unspecified atom stereocenters. The molecule has 1 aliphatic rings. The molecule has 3 aromatic rings. The van der Waals surface area contributed by atoms with Gasteiger partial charge in [0.1, 0.15) is 18.5 Å². The van der Waals surface area contributed by atoms with Gasteiger partial charge < -0.3 is 15.8 Å². The third-order valence-corrected chi connectivity index (χ3v) is 4.94. The van der Waals surface area contributed by atoms with Crippen LogP contribution in [0, 0.1) is 23.2 Å². The second kappa shape index (κ2) is 8.38. The maximum atomic E-state index is 12.1. The summed E-state index contributed by atoms with van der Waals surface area (Å²) in [6.45, 7) is 0.365. The number of nitrogen functional groups attached to an aromatic ring is 1. The minimum absolute atomic E-state index is 0.0134. The first kappa shape index (κ1) is 19.0. The van der Waals surface area contributed by atoms with Crippen molar-refractivity contribution in [1.29, 1.82) is 5.26 Å². The number of rotatable bonds is 3. The van der Waals surface area contributed by atoms with Crippen LogP contribution < -0.4 is 11.1 Å². The molecule has 4 rings (SSSR count). The molecule has 1 heterocycles. The van der Waals surface area contributed by atoms with Crippen molar-refractivity contribution in [1.82, 2.24) is 10.3 Å². The van der Waals surface area contributed by atoms with Gasteiger partial charge in [-0.3, -0.25) is 0 Å². The van der Waals surface area contributed by atoms with Gasteiger partial charge in [0.15, 0.2) is 0 Å². The fourth-order valence-electron chi connectivity index (χ4n) is 3.55. The molecule has 0 saturated carbocycles. The number of benzene rings is 2. The molecule has 1 aromatic heterocycles. The molecule has 6 nitrogen and oxygen atoms in total. The number of carbonyl (C=O) groups is 1. The molecule has 146 valence electrons. The van der Waals surface area contributed by atoms with Crippen LogP contribution in [0.3, 0.4) is 0 Å². The molecule has 1 aliphatic carbocycles. The molecular weight excluding hydrogens is 376 g/mol. The van der Waals surface area contributed by atoms with E-state index in [4.69, 9.17) is 15.7 Å². The summed E-state index contributed by atoms with van der Waals surface area (Å²) in [5, 5.41) is 11.6. The third-order valence-electron chi connectivity index (χ3n) is 4.94. The zero-order chi connectivity index (χ0) is 20.9. The van der Waals surface area contributed by atoms with Crippen molar-refractivity contribution in [2.75, 3.05) is 18.9 Å². The Morgan fingerprint density at radius 1 is 1.13 bits per heavy atom. The van der Waals surface area contributed by atoms with E-state index in [1.165, 1.54) is 17.3 Å². The molecule has 6 heteroatoms. The van der Waals surface area contributed by atoms with Gasteiger partial charge >= 0.3 is 6.09 Å². The molecule has 1 amide bonds. The van der Waals surface area contributed by atoms with E-state index in [9.17, 15) is 4.79 Å². The number of aromatic nitrogens is 1. The number of anilines is 1. The molecule has 3 N–H and O–H groups in total. The number of nitrogens with two attached hydrogens (primary N) is 1. The van der Waals surface area contributed by atoms with E-state index in [1.54, 1.807) is 6.07 Å². The predicted octanol–water partition coefficient (Wildman–Crippen LogP) is 3.43. The van der Waals surface area contributed by atoms with Crippen molar-refractivity contribution in [3.63, 3.8) is 0 Å². The number of alkyl carbamates (subject to hydrolysis) is 1. The van der Waals surface area contributed by atoms with Crippen molar-refractivity contribution >= 4 is 11.9 Å². The highest BCUT2D eigenvalue weighted by atomic mass is 16.5. The topological polar surface area (TPSA) is 101 Å². The molecule has 30 heavy (non-hydrogen) atoms. The lowest BCUT2D eigenvalue weighted by molar-refractivity contribution is 0.144. The van der Waals surface area contributed by atoms with Crippen molar-refractivity contribution < 1.29 is 9.53 Å². The number of ether oxygens (including phenoxy) is 1. The van der Waals surface area contributed by atoms with Gasteiger partial charge in [0.05, 0.1) is 12.1 Å². The number of fused-ring (bicyclic) bond motifs is 3. The van der Waals surface area contributed by atoms with Crippen LogP contribution in [0.1, 0.15) is 28.2 Å². The molecular formula is C24H18N4O2. The van der Waals surface area contributed by atoms with E-state index in [1.807, 2.05) is 30.3 Å². The predicted molar refractivity (Wildman–Crippen MR) is 113 cm³/mol. The Labute approximate surface area is 174 Å². The highest BCUT2D eigenvalue weighted by Gasteiger charge is 2.28. The summed E-state index contributed by atoms with van der Waals surface area (Å²) in [5.41, 5.74) is 11.1. The third kappa shape index (κ3) is 3.80. The van der Waals surface area contributed by atoms with Gasteiger partial charge in [0.2, 0.25) is 0 Å². The number of nitrogens with zero attached hydrogens (tertiary/aromatic N) is 2. The Balaban J connectivity index is 1.35. The molecule has 0 aliphatic heterocycles. The van der Waals surface area contributed by atoms with E-state index < -0.39 is 6.09 Å². The van der Waals surface area contributed by atoms with Gasteiger partial charge in [-0.1, -0.05) is 60.4 Å². The highest BCUT2D eigenvalue weighted by Crippen LogP contribution is 2.44. The van der Waals surface area contributed by atoms with Crippen molar-refractivity contribution in [3.8, 4) is 29.0 Å². The quantitative estimate of drug-likeness (QED) is 0.663. The first-order valence-electron chi connectivity index (χ1n) is 9.40. The lowest BCUT2D eigenvalue weighted by Crippen LogP contribution is -2.26. The Morgan fingerprint density at radius 3 is 2.47 bits per heavy atom.